The number of carbonyl (C=O) groups excluding carboxylic acids is 3. The number of amides is 4. The van der Waals surface area contributed by atoms with E-state index in [-0.39, 0.29) is 19.0 Å². The van der Waals surface area contributed by atoms with Crippen LogP contribution in [-0.4, -0.2) is 49.5 Å². The molecule has 0 aliphatic rings. The van der Waals surface area contributed by atoms with Crippen LogP contribution < -0.4 is 20.7 Å². The second-order valence-corrected chi connectivity index (χ2v) is 7.28. The summed E-state index contributed by atoms with van der Waals surface area (Å²) in [6.07, 6.45) is 0.754. The van der Waals surface area contributed by atoms with E-state index >= 15 is 0 Å². The lowest BCUT2D eigenvalue weighted by Gasteiger charge is -2.21. The number of methoxy groups -OCH3 is 1. The predicted molar refractivity (Wildman–Crippen MR) is 121 cm³/mol. The summed E-state index contributed by atoms with van der Waals surface area (Å²) in [7, 11) is 1.53. The number of imide groups is 1. The fourth-order valence-corrected chi connectivity index (χ4v) is 3.15. The first-order chi connectivity index (χ1) is 14.8. The molecule has 0 aromatic heterocycles. The average Bonchev–Trinajstić information content (AvgIpc) is 2.70. The van der Waals surface area contributed by atoms with Gasteiger partial charge in [-0.2, -0.15) is 0 Å². The van der Waals surface area contributed by atoms with Crippen LogP contribution in [0.4, 0.5) is 16.2 Å². The van der Waals surface area contributed by atoms with E-state index in [0.29, 0.717) is 23.7 Å². The minimum atomic E-state index is -0.605. The molecule has 8 heteroatoms. The number of hydrogen-bond acceptors (Lipinski definition) is 5. The maximum atomic E-state index is 12.5. The lowest BCUT2D eigenvalue weighted by Crippen LogP contribution is -2.44. The van der Waals surface area contributed by atoms with Crippen molar-refractivity contribution in [3.05, 3.63) is 53.6 Å². The van der Waals surface area contributed by atoms with E-state index in [0.717, 1.165) is 17.5 Å². The molecule has 31 heavy (non-hydrogen) atoms. The Morgan fingerprint density at radius 1 is 0.935 bits per heavy atom. The molecular weight excluding hydrogens is 396 g/mol. The first-order valence-corrected chi connectivity index (χ1v) is 10.2. The lowest BCUT2D eigenvalue weighted by molar-refractivity contribution is -0.122. The molecule has 8 nitrogen and oxygen atoms in total. The van der Waals surface area contributed by atoms with Crippen molar-refractivity contribution in [2.45, 2.75) is 27.2 Å². The summed E-state index contributed by atoms with van der Waals surface area (Å²) in [6.45, 7) is 6.27. The minimum Gasteiger partial charge on any atom is -0.495 e. The summed E-state index contributed by atoms with van der Waals surface area (Å²) in [4.78, 5) is 38.7. The molecule has 0 aliphatic heterocycles. The number of nitrogens with one attached hydrogen (secondary N) is 3. The van der Waals surface area contributed by atoms with Crippen molar-refractivity contribution >= 4 is 29.2 Å². The third-order valence-corrected chi connectivity index (χ3v) is 4.54. The van der Waals surface area contributed by atoms with Crippen LogP contribution in [0.1, 0.15) is 24.5 Å². The number of aryl methyl sites for hydroxylation is 2. The molecule has 0 bridgehead atoms. The van der Waals surface area contributed by atoms with Gasteiger partial charge in [-0.15, -0.1) is 0 Å². The second kappa shape index (κ2) is 11.7. The van der Waals surface area contributed by atoms with Crippen LogP contribution in [-0.2, 0) is 9.59 Å². The number of anilines is 2. The number of hydrogen-bond donors (Lipinski definition) is 3. The highest BCUT2D eigenvalue weighted by atomic mass is 16.5. The van der Waals surface area contributed by atoms with E-state index < -0.39 is 11.9 Å². The maximum Gasteiger partial charge on any atom is 0.325 e. The molecule has 0 heterocycles. The highest BCUT2D eigenvalue weighted by Gasteiger charge is 2.17. The average molecular weight is 427 g/mol. The van der Waals surface area contributed by atoms with Gasteiger partial charge in [0, 0.05) is 5.69 Å². The van der Waals surface area contributed by atoms with E-state index in [9.17, 15) is 14.4 Å². The SMILES string of the molecule is CCCN(CC(=O)NC(=O)Nc1ccc(C)cc1C)CC(=O)Nc1ccccc1OC. The van der Waals surface area contributed by atoms with Crippen LogP contribution >= 0.6 is 0 Å². The molecule has 2 rings (SSSR count). The zero-order valence-corrected chi connectivity index (χ0v) is 18.5. The number of nitrogens with zero attached hydrogens (tertiary/aromatic N) is 1. The molecule has 0 fully saturated rings. The van der Waals surface area contributed by atoms with Crippen LogP contribution in [0.25, 0.3) is 0 Å². The van der Waals surface area contributed by atoms with Crippen molar-refractivity contribution in [2.75, 3.05) is 37.4 Å². The Morgan fingerprint density at radius 3 is 2.32 bits per heavy atom. The molecule has 2 aromatic rings. The predicted octanol–water partition coefficient (Wildman–Crippen LogP) is 3.31. The van der Waals surface area contributed by atoms with Gasteiger partial charge in [0.15, 0.2) is 0 Å². The summed E-state index contributed by atoms with van der Waals surface area (Å²) in [5.74, 6) is -0.204. The van der Waals surface area contributed by atoms with E-state index in [1.165, 1.54) is 7.11 Å². The highest BCUT2D eigenvalue weighted by molar-refractivity contribution is 6.02. The third kappa shape index (κ3) is 7.75. The van der Waals surface area contributed by atoms with Crippen LogP contribution in [0.2, 0.25) is 0 Å². The zero-order chi connectivity index (χ0) is 22.8. The Labute approximate surface area is 183 Å². The zero-order valence-electron chi connectivity index (χ0n) is 18.5. The molecule has 4 amide bonds. The summed E-state index contributed by atoms with van der Waals surface area (Å²) in [5.41, 5.74) is 3.19. The van der Waals surface area contributed by atoms with Gasteiger partial charge in [-0.3, -0.25) is 19.8 Å². The van der Waals surface area contributed by atoms with Crippen molar-refractivity contribution in [1.29, 1.82) is 0 Å². The van der Waals surface area contributed by atoms with Crippen LogP contribution in [0.5, 0.6) is 5.75 Å². The Balaban J connectivity index is 1.90. The topological polar surface area (TPSA) is 99.8 Å². The van der Waals surface area contributed by atoms with Crippen LogP contribution in [0.15, 0.2) is 42.5 Å². The number of carbonyl (C=O) groups is 3. The van der Waals surface area contributed by atoms with Crippen molar-refractivity contribution in [3.63, 3.8) is 0 Å². The molecule has 0 spiro atoms. The molecule has 0 atom stereocenters. The van der Waals surface area contributed by atoms with Gasteiger partial charge in [-0.1, -0.05) is 36.8 Å². The number of rotatable bonds is 9. The fourth-order valence-electron chi connectivity index (χ4n) is 3.15. The van der Waals surface area contributed by atoms with Gasteiger partial charge in [0.2, 0.25) is 11.8 Å². The normalized spacial score (nSPS) is 10.5. The van der Waals surface area contributed by atoms with Gasteiger partial charge in [0.05, 0.1) is 25.9 Å². The van der Waals surface area contributed by atoms with Gasteiger partial charge >= 0.3 is 6.03 Å². The highest BCUT2D eigenvalue weighted by Crippen LogP contribution is 2.22. The quantitative estimate of drug-likeness (QED) is 0.571. The molecular formula is C23H30N4O4. The Bertz CT molecular complexity index is 930. The van der Waals surface area contributed by atoms with Gasteiger partial charge < -0.3 is 15.4 Å². The summed E-state index contributed by atoms with van der Waals surface area (Å²) in [5, 5.41) is 7.79. The summed E-state index contributed by atoms with van der Waals surface area (Å²) >= 11 is 0. The van der Waals surface area contributed by atoms with Gasteiger partial charge in [0.1, 0.15) is 5.75 Å². The molecule has 3 N–H and O–H groups in total. The van der Waals surface area contributed by atoms with Crippen molar-refractivity contribution in [3.8, 4) is 5.75 Å². The molecule has 166 valence electrons. The van der Waals surface area contributed by atoms with Gasteiger partial charge in [-0.25, -0.2) is 4.79 Å². The fraction of sp³-hybridized carbons (Fsp3) is 0.348. The molecule has 2 aromatic carbocycles. The van der Waals surface area contributed by atoms with Gasteiger partial charge in [-0.05, 0) is 50.6 Å². The third-order valence-electron chi connectivity index (χ3n) is 4.54. The van der Waals surface area contributed by atoms with Crippen LogP contribution in [0.3, 0.4) is 0 Å². The van der Waals surface area contributed by atoms with E-state index in [1.807, 2.05) is 39.0 Å². The van der Waals surface area contributed by atoms with Crippen molar-refractivity contribution < 1.29 is 19.1 Å². The molecule has 0 unspecified atom stereocenters. The number of benzene rings is 2. The number of para-hydroxylation sites is 2. The summed E-state index contributed by atoms with van der Waals surface area (Å²) < 4.78 is 5.23. The van der Waals surface area contributed by atoms with E-state index in [4.69, 9.17) is 4.74 Å². The van der Waals surface area contributed by atoms with Crippen molar-refractivity contribution in [2.24, 2.45) is 0 Å². The second-order valence-electron chi connectivity index (χ2n) is 7.28. The smallest absolute Gasteiger partial charge is 0.325 e. The lowest BCUT2D eigenvalue weighted by atomic mass is 10.1. The maximum absolute atomic E-state index is 12.5. The van der Waals surface area contributed by atoms with Gasteiger partial charge in [0.25, 0.3) is 0 Å². The largest absolute Gasteiger partial charge is 0.495 e. The number of ether oxygens (including phenoxy) is 1. The molecule has 0 saturated heterocycles. The minimum absolute atomic E-state index is 0.0119. The van der Waals surface area contributed by atoms with E-state index in [1.54, 1.807) is 29.2 Å². The Morgan fingerprint density at radius 2 is 1.65 bits per heavy atom. The standard InChI is InChI=1S/C23H30N4O4/c1-5-12-27(14-21(28)24-19-8-6-7-9-20(19)31-4)15-22(29)26-23(30)25-18-11-10-16(2)13-17(18)3/h6-11,13H,5,12,14-15H2,1-4H3,(H,24,28)(H2,25,26,29,30). The monoisotopic (exact) mass is 426 g/mol. The first-order valence-electron chi connectivity index (χ1n) is 10.2. The van der Waals surface area contributed by atoms with Crippen LogP contribution in [0, 0.1) is 13.8 Å². The molecule has 0 radical (unpaired) electrons. The summed E-state index contributed by atoms with van der Waals surface area (Å²) in [6, 6.07) is 12.1. The Kier molecular flexibility index (Phi) is 9.02. The first kappa shape index (κ1) is 23.9. The van der Waals surface area contributed by atoms with Crippen molar-refractivity contribution in [1.82, 2.24) is 10.2 Å². The van der Waals surface area contributed by atoms with E-state index in [2.05, 4.69) is 16.0 Å². The number of urea groups is 1. The Hall–Kier alpha value is -3.39. The molecule has 0 saturated carbocycles. The molecule has 0 aliphatic carbocycles.